The zero-order valence-electron chi connectivity index (χ0n) is 9.88. The van der Waals surface area contributed by atoms with Crippen LogP contribution in [0.4, 0.5) is 0 Å². The number of aromatic nitrogens is 3. The van der Waals surface area contributed by atoms with Gasteiger partial charge >= 0.3 is 11.7 Å². The highest BCUT2D eigenvalue weighted by atomic mass is 35.5. The van der Waals surface area contributed by atoms with Gasteiger partial charge in [-0.1, -0.05) is 29.4 Å². The standard InChI is InChI=1S/C11H10ClN3O3S/c1-6-2-3-8(7(12)4-6)15-10(18)13-14-11(15)19-5-9(16)17/h2-4H,5H2,1H3,(H,13,18)(H,16,17). The van der Waals surface area contributed by atoms with Gasteiger partial charge < -0.3 is 5.11 Å². The van der Waals surface area contributed by atoms with Gasteiger partial charge in [0, 0.05) is 0 Å². The number of aliphatic carboxylic acids is 1. The van der Waals surface area contributed by atoms with Crippen molar-refractivity contribution in [1.29, 1.82) is 0 Å². The number of hydrogen-bond acceptors (Lipinski definition) is 4. The molecule has 0 aliphatic heterocycles. The molecule has 1 aromatic heterocycles. The molecule has 0 fully saturated rings. The van der Waals surface area contributed by atoms with Crippen molar-refractivity contribution in [3.63, 3.8) is 0 Å². The number of thioether (sulfide) groups is 1. The molecule has 0 saturated heterocycles. The Labute approximate surface area is 117 Å². The van der Waals surface area contributed by atoms with Crippen molar-refractivity contribution in [2.24, 2.45) is 0 Å². The summed E-state index contributed by atoms with van der Waals surface area (Å²) < 4.78 is 1.26. The molecule has 1 aromatic carbocycles. The third kappa shape index (κ3) is 2.99. The molecule has 100 valence electrons. The molecule has 2 rings (SSSR count). The molecule has 19 heavy (non-hydrogen) atoms. The predicted molar refractivity (Wildman–Crippen MR) is 72.3 cm³/mol. The van der Waals surface area contributed by atoms with Gasteiger partial charge in [-0.3, -0.25) is 4.79 Å². The van der Waals surface area contributed by atoms with Crippen LogP contribution in [0, 0.1) is 6.92 Å². The van der Waals surface area contributed by atoms with E-state index in [4.69, 9.17) is 16.7 Å². The highest BCUT2D eigenvalue weighted by molar-refractivity contribution is 7.99. The fourth-order valence-electron chi connectivity index (χ4n) is 1.51. The lowest BCUT2D eigenvalue weighted by molar-refractivity contribution is -0.133. The number of nitrogens with one attached hydrogen (secondary N) is 1. The minimum Gasteiger partial charge on any atom is -0.481 e. The summed E-state index contributed by atoms with van der Waals surface area (Å²) >= 11 is 7.05. The summed E-state index contributed by atoms with van der Waals surface area (Å²) in [5.41, 5.74) is 0.975. The molecule has 0 spiro atoms. The van der Waals surface area contributed by atoms with E-state index in [0.29, 0.717) is 10.7 Å². The first-order valence-corrected chi connectivity index (χ1v) is 6.64. The lowest BCUT2D eigenvalue weighted by Crippen LogP contribution is -2.16. The van der Waals surface area contributed by atoms with Gasteiger partial charge in [0.1, 0.15) is 0 Å². The number of benzene rings is 1. The van der Waals surface area contributed by atoms with E-state index in [1.54, 1.807) is 12.1 Å². The summed E-state index contributed by atoms with van der Waals surface area (Å²) in [6.45, 7) is 1.88. The molecule has 0 aliphatic carbocycles. The predicted octanol–water partition coefficient (Wildman–Crippen LogP) is 1.70. The van der Waals surface area contributed by atoms with E-state index < -0.39 is 11.7 Å². The lowest BCUT2D eigenvalue weighted by Gasteiger charge is -2.07. The van der Waals surface area contributed by atoms with Crippen molar-refractivity contribution < 1.29 is 9.90 Å². The van der Waals surface area contributed by atoms with Gasteiger partial charge in [0.2, 0.25) is 0 Å². The van der Waals surface area contributed by atoms with E-state index >= 15 is 0 Å². The number of aromatic amines is 1. The first kappa shape index (κ1) is 13.7. The molecule has 2 N–H and O–H groups in total. The van der Waals surface area contributed by atoms with Crippen molar-refractivity contribution in [2.75, 3.05) is 5.75 Å². The smallest absolute Gasteiger partial charge is 0.348 e. The summed E-state index contributed by atoms with van der Waals surface area (Å²) in [5, 5.41) is 15.4. The van der Waals surface area contributed by atoms with Gasteiger partial charge in [-0.2, -0.15) is 0 Å². The Bertz CT molecular complexity index is 680. The van der Waals surface area contributed by atoms with Gasteiger partial charge in [-0.15, -0.1) is 5.10 Å². The number of halogens is 1. The fourth-order valence-corrected chi connectivity index (χ4v) is 2.50. The number of carboxylic acid groups (broad SMARTS) is 1. The Morgan fingerprint density at radius 2 is 2.32 bits per heavy atom. The molecule has 2 aromatic rings. The van der Waals surface area contributed by atoms with Crippen molar-refractivity contribution in [3.05, 3.63) is 39.3 Å². The Hall–Kier alpha value is -1.73. The topological polar surface area (TPSA) is 88.0 Å². The molecule has 8 heteroatoms. The van der Waals surface area contributed by atoms with Gasteiger partial charge in [0.05, 0.1) is 16.5 Å². The van der Waals surface area contributed by atoms with E-state index in [2.05, 4.69) is 10.2 Å². The molecule has 0 bridgehead atoms. The van der Waals surface area contributed by atoms with E-state index in [1.165, 1.54) is 4.57 Å². The Kier molecular flexibility index (Phi) is 3.96. The van der Waals surface area contributed by atoms with Crippen molar-refractivity contribution in [3.8, 4) is 5.69 Å². The average Bonchev–Trinajstić information content (AvgIpc) is 2.68. The maximum Gasteiger partial charge on any atom is 0.348 e. The monoisotopic (exact) mass is 299 g/mol. The van der Waals surface area contributed by atoms with Crippen LogP contribution in [-0.4, -0.2) is 31.6 Å². The van der Waals surface area contributed by atoms with Gasteiger partial charge in [-0.05, 0) is 24.6 Å². The summed E-state index contributed by atoms with van der Waals surface area (Å²) in [4.78, 5) is 22.3. The van der Waals surface area contributed by atoms with Crippen LogP contribution in [0.3, 0.4) is 0 Å². The molecule has 0 amide bonds. The molecule has 0 saturated carbocycles. The number of nitrogens with zero attached hydrogens (tertiary/aromatic N) is 2. The highest BCUT2D eigenvalue weighted by Gasteiger charge is 2.14. The average molecular weight is 300 g/mol. The number of carboxylic acids is 1. The Morgan fingerprint density at radius 3 is 2.95 bits per heavy atom. The molecule has 1 heterocycles. The van der Waals surface area contributed by atoms with Crippen LogP contribution >= 0.6 is 23.4 Å². The van der Waals surface area contributed by atoms with Crippen LogP contribution in [0.5, 0.6) is 0 Å². The molecule has 0 atom stereocenters. The molecule has 6 nitrogen and oxygen atoms in total. The number of H-pyrrole nitrogens is 1. The zero-order valence-corrected chi connectivity index (χ0v) is 11.5. The molecular formula is C11H10ClN3O3S. The number of aryl methyl sites for hydroxylation is 1. The second-order valence-corrected chi connectivity index (χ2v) is 5.13. The zero-order chi connectivity index (χ0) is 14.0. The van der Waals surface area contributed by atoms with Crippen LogP contribution in [0.25, 0.3) is 5.69 Å². The second-order valence-electron chi connectivity index (χ2n) is 3.78. The number of carbonyl (C=O) groups is 1. The Balaban J connectivity index is 2.46. The first-order valence-electron chi connectivity index (χ1n) is 5.27. The quantitative estimate of drug-likeness (QED) is 0.839. The summed E-state index contributed by atoms with van der Waals surface area (Å²) in [7, 11) is 0. The van der Waals surface area contributed by atoms with Crippen molar-refractivity contribution in [1.82, 2.24) is 14.8 Å². The van der Waals surface area contributed by atoms with Gasteiger partial charge in [-0.25, -0.2) is 14.5 Å². The number of hydrogen-bond donors (Lipinski definition) is 2. The minimum absolute atomic E-state index is 0.187. The van der Waals surface area contributed by atoms with Crippen LogP contribution in [0.15, 0.2) is 28.2 Å². The SMILES string of the molecule is Cc1ccc(-n2c(SCC(=O)O)n[nH]c2=O)c(Cl)c1. The minimum atomic E-state index is -0.984. The normalized spacial score (nSPS) is 10.6. The van der Waals surface area contributed by atoms with E-state index in [1.807, 2.05) is 13.0 Å². The van der Waals surface area contributed by atoms with Crippen LogP contribution in [0.1, 0.15) is 5.56 Å². The van der Waals surface area contributed by atoms with Crippen LogP contribution in [-0.2, 0) is 4.79 Å². The lowest BCUT2D eigenvalue weighted by atomic mass is 10.2. The summed E-state index contributed by atoms with van der Waals surface area (Å²) in [5.74, 6) is -1.17. The molecule has 0 aliphatic rings. The fraction of sp³-hybridized carbons (Fsp3) is 0.182. The second kappa shape index (κ2) is 5.50. The molecular weight excluding hydrogens is 290 g/mol. The van der Waals surface area contributed by atoms with Crippen LogP contribution in [0.2, 0.25) is 5.02 Å². The molecule has 0 unspecified atom stereocenters. The van der Waals surface area contributed by atoms with Crippen molar-refractivity contribution in [2.45, 2.75) is 12.1 Å². The van der Waals surface area contributed by atoms with E-state index in [9.17, 15) is 9.59 Å². The van der Waals surface area contributed by atoms with Crippen LogP contribution < -0.4 is 5.69 Å². The maximum absolute atomic E-state index is 11.7. The highest BCUT2D eigenvalue weighted by Crippen LogP contribution is 2.24. The van der Waals surface area contributed by atoms with Gasteiger partial charge in [0.25, 0.3) is 0 Å². The van der Waals surface area contributed by atoms with Crippen molar-refractivity contribution >= 4 is 29.3 Å². The largest absolute Gasteiger partial charge is 0.481 e. The number of rotatable bonds is 4. The maximum atomic E-state index is 11.7. The van der Waals surface area contributed by atoms with Gasteiger partial charge in [0.15, 0.2) is 5.16 Å². The first-order chi connectivity index (χ1) is 8.99. The third-order valence-electron chi connectivity index (χ3n) is 2.31. The summed E-state index contributed by atoms with van der Waals surface area (Å²) in [6.07, 6.45) is 0. The summed E-state index contributed by atoms with van der Waals surface area (Å²) in [6, 6.07) is 5.23. The molecule has 0 radical (unpaired) electrons. The third-order valence-corrected chi connectivity index (χ3v) is 3.54. The van der Waals surface area contributed by atoms with E-state index in [0.717, 1.165) is 17.3 Å². The Morgan fingerprint density at radius 1 is 1.58 bits per heavy atom. The van der Waals surface area contributed by atoms with E-state index in [-0.39, 0.29) is 10.9 Å².